The Balaban J connectivity index is 1.30. The Kier molecular flexibility index (Phi) is 5.69. The third kappa shape index (κ3) is 4.66. The van der Waals surface area contributed by atoms with Gasteiger partial charge in [-0.05, 0) is 88.8 Å². The smallest absolute Gasteiger partial charge is 0.251 e. The SMILES string of the molecule is CC(C)(C)NC(=O)CN1[C@@H]2CC[C@H]1CC(CNC(=O)c1cccc3c1CCC3)C2. The molecule has 2 amide bonds. The third-order valence-corrected chi connectivity index (χ3v) is 6.76. The second kappa shape index (κ2) is 8.10. The van der Waals surface area contributed by atoms with Crippen molar-refractivity contribution in [1.29, 1.82) is 0 Å². The molecule has 3 aliphatic rings. The van der Waals surface area contributed by atoms with Crippen molar-refractivity contribution in [3.63, 3.8) is 0 Å². The van der Waals surface area contributed by atoms with E-state index < -0.39 is 0 Å². The lowest BCUT2D eigenvalue weighted by Crippen LogP contribution is -2.52. The molecule has 2 aliphatic heterocycles. The maximum absolute atomic E-state index is 12.8. The molecule has 0 radical (unpaired) electrons. The summed E-state index contributed by atoms with van der Waals surface area (Å²) in [5.41, 5.74) is 3.29. The van der Waals surface area contributed by atoms with Crippen molar-refractivity contribution in [3.8, 4) is 0 Å². The molecular weight excluding hydrogens is 362 g/mol. The molecule has 158 valence electrons. The van der Waals surface area contributed by atoms with Gasteiger partial charge < -0.3 is 10.6 Å². The van der Waals surface area contributed by atoms with E-state index in [1.54, 1.807) is 0 Å². The average Bonchev–Trinajstić information content (AvgIpc) is 3.20. The van der Waals surface area contributed by atoms with Gasteiger partial charge in [-0.25, -0.2) is 0 Å². The fraction of sp³-hybridized carbons (Fsp3) is 0.667. The average molecular weight is 398 g/mol. The van der Waals surface area contributed by atoms with Gasteiger partial charge in [0.25, 0.3) is 5.91 Å². The first-order valence-electron chi connectivity index (χ1n) is 11.3. The third-order valence-electron chi connectivity index (χ3n) is 6.76. The molecule has 0 aromatic heterocycles. The maximum atomic E-state index is 12.8. The van der Waals surface area contributed by atoms with Gasteiger partial charge in [0.15, 0.2) is 0 Å². The summed E-state index contributed by atoms with van der Waals surface area (Å²) in [5.74, 6) is 0.720. The number of carbonyl (C=O) groups is 2. The summed E-state index contributed by atoms with van der Waals surface area (Å²) in [5, 5.41) is 6.30. The van der Waals surface area contributed by atoms with Crippen LogP contribution in [0.2, 0.25) is 0 Å². The highest BCUT2D eigenvalue weighted by molar-refractivity contribution is 5.96. The number of amides is 2. The summed E-state index contributed by atoms with van der Waals surface area (Å²) >= 11 is 0. The van der Waals surface area contributed by atoms with E-state index in [1.165, 1.54) is 24.0 Å². The summed E-state index contributed by atoms with van der Waals surface area (Å²) < 4.78 is 0. The van der Waals surface area contributed by atoms with Gasteiger partial charge in [-0.1, -0.05) is 12.1 Å². The van der Waals surface area contributed by atoms with Crippen molar-refractivity contribution in [3.05, 3.63) is 34.9 Å². The summed E-state index contributed by atoms with van der Waals surface area (Å²) in [6.45, 7) is 7.32. The summed E-state index contributed by atoms with van der Waals surface area (Å²) in [4.78, 5) is 27.6. The maximum Gasteiger partial charge on any atom is 0.251 e. The molecule has 5 heteroatoms. The Morgan fingerprint density at radius 2 is 1.83 bits per heavy atom. The number of fused-ring (bicyclic) bond motifs is 3. The van der Waals surface area contributed by atoms with Gasteiger partial charge in [0, 0.05) is 29.7 Å². The highest BCUT2D eigenvalue weighted by atomic mass is 16.2. The minimum atomic E-state index is -0.184. The molecule has 2 heterocycles. The quantitative estimate of drug-likeness (QED) is 0.803. The van der Waals surface area contributed by atoms with E-state index in [1.807, 2.05) is 32.9 Å². The van der Waals surface area contributed by atoms with Crippen LogP contribution in [-0.4, -0.2) is 47.4 Å². The number of aryl methyl sites for hydroxylation is 1. The van der Waals surface area contributed by atoms with Crippen LogP contribution in [-0.2, 0) is 17.6 Å². The first-order valence-corrected chi connectivity index (χ1v) is 11.3. The Morgan fingerprint density at radius 3 is 2.52 bits per heavy atom. The van der Waals surface area contributed by atoms with Gasteiger partial charge in [-0.3, -0.25) is 14.5 Å². The number of carbonyl (C=O) groups excluding carboxylic acids is 2. The van der Waals surface area contributed by atoms with Gasteiger partial charge in [0.05, 0.1) is 6.54 Å². The van der Waals surface area contributed by atoms with Crippen LogP contribution in [0.4, 0.5) is 0 Å². The number of rotatable bonds is 5. The van der Waals surface area contributed by atoms with Crippen LogP contribution in [0.25, 0.3) is 0 Å². The van der Waals surface area contributed by atoms with Gasteiger partial charge >= 0.3 is 0 Å². The van der Waals surface area contributed by atoms with E-state index >= 15 is 0 Å². The lowest BCUT2D eigenvalue weighted by atomic mass is 9.90. The van der Waals surface area contributed by atoms with E-state index in [9.17, 15) is 9.59 Å². The number of benzene rings is 1. The highest BCUT2D eigenvalue weighted by Gasteiger charge is 2.41. The van der Waals surface area contributed by atoms with E-state index in [4.69, 9.17) is 0 Å². The van der Waals surface area contributed by atoms with Crippen molar-refractivity contribution in [2.24, 2.45) is 5.92 Å². The molecule has 1 aromatic carbocycles. The van der Waals surface area contributed by atoms with Crippen LogP contribution in [0.15, 0.2) is 18.2 Å². The molecule has 0 saturated carbocycles. The molecule has 3 atom stereocenters. The van der Waals surface area contributed by atoms with Crippen molar-refractivity contribution >= 4 is 11.8 Å². The van der Waals surface area contributed by atoms with Gasteiger partial charge in [0.2, 0.25) is 5.91 Å². The van der Waals surface area contributed by atoms with Gasteiger partial charge in [-0.2, -0.15) is 0 Å². The predicted molar refractivity (Wildman–Crippen MR) is 115 cm³/mol. The molecule has 5 nitrogen and oxygen atoms in total. The summed E-state index contributed by atoms with van der Waals surface area (Å²) in [6, 6.07) is 7.09. The molecule has 1 aromatic rings. The number of hydrogen-bond donors (Lipinski definition) is 2. The zero-order valence-corrected chi connectivity index (χ0v) is 18.1. The standard InChI is InChI=1S/C24H35N3O2/c1-24(2,3)26-22(28)15-27-18-10-11-19(27)13-16(12-18)14-25-23(29)21-9-5-7-17-6-4-8-20(17)21/h5,7,9,16,18-19H,4,6,8,10-15H2,1-3H3,(H,25,29)(H,26,28)/t16?,18-,19+. The fourth-order valence-corrected chi connectivity index (χ4v) is 5.60. The zero-order valence-electron chi connectivity index (χ0n) is 18.1. The van der Waals surface area contributed by atoms with Crippen LogP contribution < -0.4 is 10.6 Å². The lowest BCUT2D eigenvalue weighted by Gasteiger charge is -2.39. The Hall–Kier alpha value is -1.88. The minimum Gasteiger partial charge on any atom is -0.352 e. The van der Waals surface area contributed by atoms with Crippen molar-refractivity contribution < 1.29 is 9.59 Å². The first kappa shape index (κ1) is 20.4. The second-order valence-electron chi connectivity index (χ2n) is 10.2. The predicted octanol–water partition coefficient (Wildman–Crippen LogP) is 3.06. The highest BCUT2D eigenvalue weighted by Crippen LogP contribution is 2.38. The molecule has 2 fully saturated rings. The number of piperidine rings is 1. The van der Waals surface area contributed by atoms with Crippen LogP contribution >= 0.6 is 0 Å². The normalized spacial score (nSPS) is 26.2. The Bertz CT molecular complexity index is 769. The molecule has 1 unspecified atom stereocenters. The first-order chi connectivity index (χ1) is 13.8. The van der Waals surface area contributed by atoms with Gasteiger partial charge in [0.1, 0.15) is 0 Å². The molecule has 4 rings (SSSR count). The van der Waals surface area contributed by atoms with Crippen molar-refractivity contribution in [2.75, 3.05) is 13.1 Å². The van der Waals surface area contributed by atoms with Gasteiger partial charge in [-0.15, -0.1) is 0 Å². The lowest BCUT2D eigenvalue weighted by molar-refractivity contribution is -0.125. The molecule has 1 aliphatic carbocycles. The van der Waals surface area contributed by atoms with E-state index in [-0.39, 0.29) is 17.4 Å². The minimum absolute atomic E-state index is 0.0862. The second-order valence-corrected chi connectivity index (χ2v) is 10.2. The van der Waals surface area contributed by atoms with E-state index in [2.05, 4.69) is 21.6 Å². The van der Waals surface area contributed by atoms with E-state index in [0.717, 1.165) is 44.2 Å². The largest absolute Gasteiger partial charge is 0.352 e. The number of hydrogen-bond acceptors (Lipinski definition) is 3. The Labute approximate surface area is 174 Å². The molecular formula is C24H35N3O2. The van der Waals surface area contributed by atoms with E-state index in [0.29, 0.717) is 24.5 Å². The fourth-order valence-electron chi connectivity index (χ4n) is 5.60. The molecule has 0 spiro atoms. The monoisotopic (exact) mass is 397 g/mol. The number of nitrogens with zero attached hydrogens (tertiary/aromatic N) is 1. The van der Waals surface area contributed by atoms with Crippen LogP contribution in [0.1, 0.15) is 74.4 Å². The molecule has 2 saturated heterocycles. The summed E-state index contributed by atoms with van der Waals surface area (Å²) in [6.07, 6.45) is 7.77. The van der Waals surface area contributed by atoms with Crippen LogP contribution in [0.3, 0.4) is 0 Å². The molecule has 2 bridgehead atoms. The van der Waals surface area contributed by atoms with Crippen molar-refractivity contribution in [2.45, 2.75) is 83.3 Å². The molecule has 2 N–H and O–H groups in total. The van der Waals surface area contributed by atoms with Crippen LogP contribution in [0.5, 0.6) is 0 Å². The zero-order chi connectivity index (χ0) is 20.6. The summed E-state index contributed by atoms with van der Waals surface area (Å²) in [7, 11) is 0. The molecule has 29 heavy (non-hydrogen) atoms. The Morgan fingerprint density at radius 1 is 1.10 bits per heavy atom. The van der Waals surface area contributed by atoms with Crippen LogP contribution in [0, 0.1) is 5.92 Å². The van der Waals surface area contributed by atoms with Crippen molar-refractivity contribution in [1.82, 2.24) is 15.5 Å². The topological polar surface area (TPSA) is 61.4 Å². The number of nitrogens with one attached hydrogen (secondary N) is 2.